The molecule has 36 heavy (non-hydrogen) atoms. The molecule has 1 atom stereocenters. The highest BCUT2D eigenvalue weighted by Crippen LogP contribution is 2.41. The third-order valence-corrected chi connectivity index (χ3v) is 5.89. The Labute approximate surface area is 211 Å². The summed E-state index contributed by atoms with van der Waals surface area (Å²) in [5.74, 6) is -0.335. The number of Topliss-reactive ketones (excluding diaryl/α,β-unsaturated/α-hetero) is 1. The fourth-order valence-electron chi connectivity index (χ4n) is 4.15. The number of aromatic nitrogens is 1. The fourth-order valence-corrected chi connectivity index (χ4v) is 4.15. The summed E-state index contributed by atoms with van der Waals surface area (Å²) in [5.41, 5.74) is 1.99. The van der Waals surface area contributed by atoms with Crippen molar-refractivity contribution in [2.75, 3.05) is 13.2 Å². The Balaban J connectivity index is 1.78. The van der Waals surface area contributed by atoms with Crippen molar-refractivity contribution in [3.05, 3.63) is 95.3 Å². The summed E-state index contributed by atoms with van der Waals surface area (Å²) in [6.07, 6.45) is 5.01. The molecular formula is C29H30N2O5. The molecule has 7 heteroatoms. The number of ether oxygens (including phenoxy) is 2. The topological polar surface area (TPSA) is 89.0 Å². The summed E-state index contributed by atoms with van der Waals surface area (Å²) < 4.78 is 11.4. The molecule has 2 aromatic carbocycles. The number of hydrogen-bond donors (Lipinski definition) is 1. The van der Waals surface area contributed by atoms with E-state index in [4.69, 9.17) is 9.47 Å². The van der Waals surface area contributed by atoms with Crippen LogP contribution in [-0.2, 0) is 16.1 Å². The first kappa shape index (κ1) is 25.0. The van der Waals surface area contributed by atoms with E-state index in [0.29, 0.717) is 35.8 Å². The number of benzene rings is 2. The molecule has 0 bridgehead atoms. The molecule has 1 N–H and O–H groups in total. The number of carbonyl (C=O) groups excluding carboxylic acids is 2. The van der Waals surface area contributed by atoms with E-state index in [0.717, 1.165) is 18.4 Å². The number of rotatable bonds is 10. The highest BCUT2D eigenvalue weighted by Gasteiger charge is 2.46. The van der Waals surface area contributed by atoms with Crippen LogP contribution >= 0.6 is 0 Å². The first-order chi connectivity index (χ1) is 17.5. The van der Waals surface area contributed by atoms with Crippen LogP contribution in [0.3, 0.4) is 0 Å². The minimum absolute atomic E-state index is 0.0453. The number of ketones is 1. The molecule has 0 spiro atoms. The van der Waals surface area contributed by atoms with E-state index in [9.17, 15) is 14.7 Å². The van der Waals surface area contributed by atoms with Crippen LogP contribution < -0.4 is 9.47 Å². The minimum atomic E-state index is -0.765. The second kappa shape index (κ2) is 11.5. The predicted octanol–water partition coefficient (Wildman–Crippen LogP) is 5.28. The highest BCUT2D eigenvalue weighted by atomic mass is 16.5. The van der Waals surface area contributed by atoms with Gasteiger partial charge in [0.2, 0.25) is 0 Å². The van der Waals surface area contributed by atoms with Gasteiger partial charge in [-0.1, -0.05) is 38.1 Å². The van der Waals surface area contributed by atoms with Gasteiger partial charge in [0.1, 0.15) is 17.3 Å². The van der Waals surface area contributed by atoms with Gasteiger partial charge in [0.25, 0.3) is 11.7 Å². The van der Waals surface area contributed by atoms with Gasteiger partial charge >= 0.3 is 0 Å². The zero-order valence-electron chi connectivity index (χ0n) is 20.5. The normalized spacial score (nSPS) is 16.8. The monoisotopic (exact) mass is 486 g/mol. The van der Waals surface area contributed by atoms with E-state index in [1.54, 1.807) is 48.8 Å². The van der Waals surface area contributed by atoms with Crippen molar-refractivity contribution < 1.29 is 24.2 Å². The lowest BCUT2D eigenvalue weighted by molar-refractivity contribution is -0.140. The van der Waals surface area contributed by atoms with Crippen LogP contribution in [0.5, 0.6) is 11.5 Å². The quantitative estimate of drug-likeness (QED) is 0.238. The van der Waals surface area contributed by atoms with Gasteiger partial charge in [-0.3, -0.25) is 14.6 Å². The van der Waals surface area contributed by atoms with Crippen molar-refractivity contribution in [3.63, 3.8) is 0 Å². The van der Waals surface area contributed by atoms with Crippen molar-refractivity contribution in [1.82, 2.24) is 9.88 Å². The number of likely N-dealkylation sites (tertiary alicyclic amines) is 1. The van der Waals surface area contributed by atoms with Crippen molar-refractivity contribution in [1.29, 1.82) is 0 Å². The summed E-state index contributed by atoms with van der Waals surface area (Å²) in [4.78, 5) is 32.0. The molecule has 1 aliphatic heterocycles. The van der Waals surface area contributed by atoms with E-state index in [1.807, 2.05) is 38.1 Å². The molecule has 1 aromatic heterocycles. The number of amides is 1. The Bertz CT molecular complexity index is 1240. The third-order valence-electron chi connectivity index (χ3n) is 5.89. The van der Waals surface area contributed by atoms with Crippen LogP contribution in [0.15, 0.2) is 78.6 Å². The Morgan fingerprint density at radius 2 is 1.58 bits per heavy atom. The van der Waals surface area contributed by atoms with Gasteiger partial charge in [-0.2, -0.15) is 0 Å². The molecule has 1 aliphatic rings. The molecular weight excluding hydrogens is 456 g/mol. The molecule has 0 saturated carbocycles. The van der Waals surface area contributed by atoms with Crippen molar-refractivity contribution in [2.24, 2.45) is 0 Å². The fraction of sp³-hybridized carbons (Fsp3) is 0.276. The lowest BCUT2D eigenvalue weighted by Gasteiger charge is -2.25. The average Bonchev–Trinajstić information content (AvgIpc) is 3.16. The second-order valence-corrected chi connectivity index (χ2v) is 8.58. The van der Waals surface area contributed by atoms with Crippen LogP contribution in [0.2, 0.25) is 0 Å². The van der Waals surface area contributed by atoms with Crippen molar-refractivity contribution in [2.45, 2.75) is 39.3 Å². The zero-order valence-corrected chi connectivity index (χ0v) is 20.5. The van der Waals surface area contributed by atoms with Gasteiger partial charge in [-0.25, -0.2) is 0 Å². The number of aliphatic hydroxyl groups excluding tert-OH is 1. The second-order valence-electron chi connectivity index (χ2n) is 8.58. The van der Waals surface area contributed by atoms with Crippen LogP contribution in [-0.4, -0.2) is 39.9 Å². The van der Waals surface area contributed by atoms with Gasteiger partial charge in [0.05, 0.1) is 24.8 Å². The molecule has 1 unspecified atom stereocenters. The van der Waals surface area contributed by atoms with Gasteiger partial charge in [0.15, 0.2) is 0 Å². The molecule has 1 amide bonds. The standard InChI is InChI=1S/C29H30N2O5/c1-3-16-35-23-10-8-21(9-11-23)26-25(27(32)22-6-5-7-24(18-22)36-17-4-2)28(33)29(34)31(26)19-20-12-14-30-15-13-20/h5-15,18,26,32H,3-4,16-17,19H2,1-2H3. The minimum Gasteiger partial charge on any atom is -0.507 e. The summed E-state index contributed by atoms with van der Waals surface area (Å²) in [6, 6.07) is 17.0. The summed E-state index contributed by atoms with van der Waals surface area (Å²) in [7, 11) is 0. The Morgan fingerprint density at radius 3 is 2.25 bits per heavy atom. The largest absolute Gasteiger partial charge is 0.507 e. The third kappa shape index (κ3) is 5.40. The molecule has 2 heterocycles. The molecule has 1 saturated heterocycles. The lowest BCUT2D eigenvalue weighted by atomic mass is 9.95. The van der Waals surface area contributed by atoms with Gasteiger partial charge in [-0.05, 0) is 60.4 Å². The van der Waals surface area contributed by atoms with Gasteiger partial charge in [0, 0.05) is 24.5 Å². The molecule has 4 rings (SSSR count). The molecule has 0 aliphatic carbocycles. The lowest BCUT2D eigenvalue weighted by Crippen LogP contribution is -2.29. The van der Waals surface area contributed by atoms with E-state index >= 15 is 0 Å². The molecule has 3 aromatic rings. The number of nitrogens with zero attached hydrogens (tertiary/aromatic N) is 2. The summed E-state index contributed by atoms with van der Waals surface area (Å²) in [5, 5.41) is 11.3. The van der Waals surface area contributed by atoms with Gasteiger partial charge < -0.3 is 19.5 Å². The maximum absolute atomic E-state index is 13.3. The maximum Gasteiger partial charge on any atom is 0.295 e. The smallest absolute Gasteiger partial charge is 0.295 e. The average molecular weight is 487 g/mol. The predicted molar refractivity (Wildman–Crippen MR) is 137 cm³/mol. The van der Waals surface area contributed by atoms with Crippen LogP contribution in [0.25, 0.3) is 5.76 Å². The van der Waals surface area contributed by atoms with Crippen LogP contribution in [0.4, 0.5) is 0 Å². The van der Waals surface area contributed by atoms with Crippen molar-refractivity contribution in [3.8, 4) is 11.5 Å². The van der Waals surface area contributed by atoms with E-state index < -0.39 is 17.7 Å². The number of carbonyl (C=O) groups is 2. The SMILES string of the molecule is CCCOc1ccc(C2C(=C(O)c3cccc(OCCC)c3)C(=O)C(=O)N2Cc2ccncc2)cc1. The number of pyridine rings is 1. The number of hydrogen-bond acceptors (Lipinski definition) is 6. The zero-order chi connectivity index (χ0) is 25.5. The molecule has 186 valence electrons. The van der Waals surface area contributed by atoms with E-state index in [2.05, 4.69) is 4.98 Å². The first-order valence-electron chi connectivity index (χ1n) is 12.2. The van der Waals surface area contributed by atoms with Gasteiger partial charge in [-0.15, -0.1) is 0 Å². The summed E-state index contributed by atoms with van der Waals surface area (Å²) in [6.45, 7) is 5.36. The maximum atomic E-state index is 13.3. The highest BCUT2D eigenvalue weighted by molar-refractivity contribution is 6.46. The Hall–Kier alpha value is -4.13. The Morgan fingerprint density at radius 1 is 0.917 bits per heavy atom. The van der Waals surface area contributed by atoms with E-state index in [1.165, 1.54) is 4.90 Å². The number of aliphatic hydroxyl groups is 1. The molecule has 1 fully saturated rings. The van der Waals surface area contributed by atoms with E-state index in [-0.39, 0.29) is 17.9 Å². The molecule has 0 radical (unpaired) electrons. The molecule has 7 nitrogen and oxygen atoms in total. The summed E-state index contributed by atoms with van der Waals surface area (Å²) >= 11 is 0. The van der Waals surface area contributed by atoms with Crippen LogP contribution in [0.1, 0.15) is 49.4 Å². The van der Waals surface area contributed by atoms with Crippen molar-refractivity contribution >= 4 is 17.4 Å². The Kier molecular flexibility index (Phi) is 8.00. The first-order valence-corrected chi connectivity index (χ1v) is 12.2. The van der Waals surface area contributed by atoms with Crippen LogP contribution in [0, 0.1) is 0 Å².